The molecule has 2 aliphatic heterocycles. The van der Waals surface area contributed by atoms with Crippen LogP contribution in [0.1, 0.15) is 34.5 Å². The van der Waals surface area contributed by atoms with E-state index < -0.39 is 0 Å². The summed E-state index contributed by atoms with van der Waals surface area (Å²) in [5.41, 5.74) is 3.71. The van der Waals surface area contributed by atoms with E-state index in [0.717, 1.165) is 42.1 Å². The minimum absolute atomic E-state index is 0.0313. The van der Waals surface area contributed by atoms with Gasteiger partial charge in [0.05, 0.1) is 26.4 Å². The molecule has 0 bridgehead atoms. The Morgan fingerprint density at radius 1 is 1.10 bits per heavy atom. The minimum Gasteiger partial charge on any atom is -0.497 e. The van der Waals surface area contributed by atoms with Gasteiger partial charge in [-0.15, -0.1) is 0 Å². The summed E-state index contributed by atoms with van der Waals surface area (Å²) in [6, 6.07) is 13.6. The zero-order valence-electron chi connectivity index (χ0n) is 18.1. The van der Waals surface area contributed by atoms with Crippen LogP contribution in [0.25, 0.3) is 0 Å². The number of methoxy groups -OCH3 is 1. The first-order valence-electron chi connectivity index (χ1n) is 10.7. The highest BCUT2D eigenvalue weighted by Gasteiger charge is 2.25. The molecule has 7 nitrogen and oxygen atoms in total. The summed E-state index contributed by atoms with van der Waals surface area (Å²) in [5, 5.41) is 3.12. The highest BCUT2D eigenvalue weighted by Crippen LogP contribution is 2.29. The van der Waals surface area contributed by atoms with Crippen LogP contribution in [0.3, 0.4) is 0 Å². The summed E-state index contributed by atoms with van der Waals surface area (Å²) in [6.45, 7) is 5.78. The summed E-state index contributed by atoms with van der Waals surface area (Å²) >= 11 is 0. The Kier molecular flexibility index (Phi) is 6.53. The third kappa shape index (κ3) is 4.73. The number of hydrogen-bond acceptors (Lipinski definition) is 5. The fourth-order valence-electron chi connectivity index (χ4n) is 4.33. The molecule has 31 heavy (non-hydrogen) atoms. The largest absolute Gasteiger partial charge is 0.497 e. The predicted molar refractivity (Wildman–Crippen MR) is 119 cm³/mol. The average molecular weight is 424 g/mol. The molecule has 1 atom stereocenters. The van der Waals surface area contributed by atoms with E-state index in [9.17, 15) is 9.59 Å². The first kappa shape index (κ1) is 21.3. The van der Waals surface area contributed by atoms with Gasteiger partial charge in [-0.3, -0.25) is 14.5 Å². The predicted octanol–water partition coefficient (Wildman–Crippen LogP) is 2.41. The SMILES string of the molecule is COc1ccc([C@H](CNC(=O)c2ccc3c(c2)CCN3C(C)=O)N2CCOCC2)cc1. The molecule has 0 spiro atoms. The van der Waals surface area contributed by atoms with Crippen molar-refractivity contribution in [1.29, 1.82) is 0 Å². The van der Waals surface area contributed by atoms with Crippen molar-refractivity contribution in [2.45, 2.75) is 19.4 Å². The van der Waals surface area contributed by atoms with E-state index >= 15 is 0 Å². The maximum absolute atomic E-state index is 12.9. The van der Waals surface area contributed by atoms with Gasteiger partial charge in [0.25, 0.3) is 5.91 Å². The topological polar surface area (TPSA) is 71.1 Å². The molecule has 7 heteroatoms. The molecule has 0 radical (unpaired) electrons. The number of carbonyl (C=O) groups excluding carboxylic acids is 2. The van der Waals surface area contributed by atoms with Crippen LogP contribution in [0, 0.1) is 0 Å². The molecule has 2 heterocycles. The molecule has 2 amide bonds. The van der Waals surface area contributed by atoms with Gasteiger partial charge in [-0.2, -0.15) is 0 Å². The summed E-state index contributed by atoms with van der Waals surface area (Å²) < 4.78 is 10.8. The maximum Gasteiger partial charge on any atom is 0.251 e. The van der Waals surface area contributed by atoms with Gasteiger partial charge in [0.1, 0.15) is 5.75 Å². The molecular formula is C24H29N3O4. The van der Waals surface area contributed by atoms with Gasteiger partial charge in [0.15, 0.2) is 0 Å². The number of amides is 2. The molecule has 2 aromatic rings. The number of morpholine rings is 1. The highest BCUT2D eigenvalue weighted by molar-refractivity contribution is 5.97. The Morgan fingerprint density at radius 3 is 2.52 bits per heavy atom. The van der Waals surface area contributed by atoms with Crippen LogP contribution in [-0.4, -0.2) is 63.2 Å². The fourth-order valence-corrected chi connectivity index (χ4v) is 4.33. The molecule has 164 valence electrons. The highest BCUT2D eigenvalue weighted by atomic mass is 16.5. The van der Waals surface area contributed by atoms with Gasteiger partial charge in [-0.1, -0.05) is 12.1 Å². The van der Waals surface area contributed by atoms with Gasteiger partial charge < -0.3 is 19.7 Å². The quantitative estimate of drug-likeness (QED) is 0.773. The second-order valence-electron chi connectivity index (χ2n) is 7.91. The van der Waals surface area contributed by atoms with E-state index in [0.29, 0.717) is 31.9 Å². The average Bonchev–Trinajstić information content (AvgIpc) is 3.24. The number of hydrogen-bond donors (Lipinski definition) is 1. The third-order valence-corrected chi connectivity index (χ3v) is 6.06. The molecule has 2 aliphatic rings. The first-order valence-corrected chi connectivity index (χ1v) is 10.7. The molecule has 1 fully saturated rings. The first-order chi connectivity index (χ1) is 15.1. The lowest BCUT2D eigenvalue weighted by molar-refractivity contribution is -0.116. The Morgan fingerprint density at radius 2 is 1.84 bits per heavy atom. The van der Waals surface area contributed by atoms with Gasteiger partial charge in [-0.25, -0.2) is 0 Å². The van der Waals surface area contributed by atoms with Crippen LogP contribution in [0.2, 0.25) is 0 Å². The number of ether oxygens (including phenoxy) is 2. The summed E-state index contributed by atoms with van der Waals surface area (Å²) in [5.74, 6) is 0.742. The van der Waals surface area contributed by atoms with Crippen LogP contribution in [0.15, 0.2) is 42.5 Å². The second kappa shape index (κ2) is 9.49. The van der Waals surface area contributed by atoms with Crippen LogP contribution >= 0.6 is 0 Å². The van der Waals surface area contributed by atoms with Crippen molar-refractivity contribution in [3.8, 4) is 5.75 Å². The second-order valence-corrected chi connectivity index (χ2v) is 7.91. The van der Waals surface area contributed by atoms with Crippen molar-refractivity contribution in [1.82, 2.24) is 10.2 Å². The van der Waals surface area contributed by atoms with Gasteiger partial charge in [0, 0.05) is 44.4 Å². The zero-order valence-corrected chi connectivity index (χ0v) is 18.1. The van der Waals surface area contributed by atoms with Crippen LogP contribution in [0.5, 0.6) is 5.75 Å². The molecule has 0 aliphatic carbocycles. The van der Waals surface area contributed by atoms with E-state index in [1.807, 2.05) is 24.3 Å². The Balaban J connectivity index is 1.47. The molecule has 2 aromatic carbocycles. The lowest BCUT2D eigenvalue weighted by Gasteiger charge is -2.35. The molecule has 0 saturated carbocycles. The normalized spacial score (nSPS) is 17.2. The third-order valence-electron chi connectivity index (χ3n) is 6.06. The molecular weight excluding hydrogens is 394 g/mol. The number of nitrogens with zero attached hydrogens (tertiary/aromatic N) is 2. The van der Waals surface area contributed by atoms with Crippen LogP contribution in [-0.2, 0) is 16.0 Å². The summed E-state index contributed by atoms with van der Waals surface area (Å²) in [4.78, 5) is 28.8. The smallest absolute Gasteiger partial charge is 0.251 e. The maximum atomic E-state index is 12.9. The Bertz CT molecular complexity index is 938. The van der Waals surface area contributed by atoms with E-state index in [4.69, 9.17) is 9.47 Å². The number of carbonyl (C=O) groups is 2. The van der Waals surface area contributed by atoms with Crippen molar-refractivity contribution in [2.24, 2.45) is 0 Å². The number of fused-ring (bicyclic) bond motifs is 1. The number of rotatable bonds is 6. The molecule has 1 N–H and O–H groups in total. The van der Waals surface area contributed by atoms with E-state index in [2.05, 4.69) is 22.3 Å². The Hall–Kier alpha value is -2.90. The van der Waals surface area contributed by atoms with Crippen LogP contribution in [0.4, 0.5) is 5.69 Å². The Labute approximate surface area is 182 Å². The number of nitrogens with one attached hydrogen (secondary N) is 1. The number of benzene rings is 2. The molecule has 0 aromatic heterocycles. The van der Waals surface area contributed by atoms with Gasteiger partial charge >= 0.3 is 0 Å². The van der Waals surface area contributed by atoms with E-state index in [-0.39, 0.29) is 17.9 Å². The summed E-state index contributed by atoms with van der Waals surface area (Å²) in [7, 11) is 1.65. The standard InChI is InChI=1S/C24H29N3O4/c1-17(28)27-10-9-19-15-20(5-8-22(19)27)24(29)25-16-23(26-11-13-31-14-12-26)18-3-6-21(30-2)7-4-18/h3-8,15,23H,9-14,16H2,1-2H3,(H,25,29)/t23-/m0/s1. The lowest BCUT2D eigenvalue weighted by Crippen LogP contribution is -2.43. The fraction of sp³-hybridized carbons (Fsp3) is 0.417. The molecule has 0 unspecified atom stereocenters. The monoisotopic (exact) mass is 423 g/mol. The zero-order chi connectivity index (χ0) is 21.8. The molecule has 4 rings (SSSR count). The van der Waals surface area contributed by atoms with E-state index in [1.54, 1.807) is 25.0 Å². The van der Waals surface area contributed by atoms with Crippen molar-refractivity contribution < 1.29 is 19.1 Å². The van der Waals surface area contributed by atoms with Crippen molar-refractivity contribution in [3.63, 3.8) is 0 Å². The lowest BCUT2D eigenvalue weighted by atomic mass is 10.0. The van der Waals surface area contributed by atoms with Gasteiger partial charge in [-0.05, 0) is 47.9 Å². The van der Waals surface area contributed by atoms with Crippen molar-refractivity contribution in [2.75, 3.05) is 51.4 Å². The van der Waals surface area contributed by atoms with Gasteiger partial charge in [0.2, 0.25) is 5.91 Å². The molecule has 1 saturated heterocycles. The summed E-state index contributed by atoms with van der Waals surface area (Å²) in [6.07, 6.45) is 0.776. The van der Waals surface area contributed by atoms with Crippen molar-refractivity contribution >= 4 is 17.5 Å². The van der Waals surface area contributed by atoms with Crippen LogP contribution < -0.4 is 15.0 Å². The van der Waals surface area contributed by atoms with E-state index in [1.165, 1.54) is 0 Å². The number of anilines is 1. The minimum atomic E-state index is -0.101. The van der Waals surface area contributed by atoms with Crippen molar-refractivity contribution in [3.05, 3.63) is 59.2 Å².